The van der Waals surface area contributed by atoms with Crippen LogP contribution in [0.3, 0.4) is 0 Å². The summed E-state index contributed by atoms with van der Waals surface area (Å²) in [6.45, 7) is 1.86. The summed E-state index contributed by atoms with van der Waals surface area (Å²) in [5.74, 6) is 0.239. The van der Waals surface area contributed by atoms with E-state index in [0.717, 1.165) is 10.2 Å². The number of rotatable bonds is 2. The van der Waals surface area contributed by atoms with E-state index in [4.69, 9.17) is 11.6 Å². The summed E-state index contributed by atoms with van der Waals surface area (Å²) in [5, 5.41) is 9.85. The van der Waals surface area contributed by atoms with Gasteiger partial charge < -0.3 is 5.32 Å². The van der Waals surface area contributed by atoms with Crippen LogP contribution in [0.25, 0.3) is 0 Å². The van der Waals surface area contributed by atoms with E-state index in [9.17, 15) is 4.79 Å². The first kappa shape index (κ1) is 12.1. The SMILES string of the molecule is Cc1cc(NC(=O)c2cc(Cl)cc(Br)c2)n[nH]1. The predicted molar refractivity (Wildman–Crippen MR) is 70.4 cm³/mol. The third-order valence-corrected chi connectivity index (χ3v) is 2.75. The largest absolute Gasteiger partial charge is 0.305 e. The van der Waals surface area contributed by atoms with Crippen molar-refractivity contribution >= 4 is 39.3 Å². The monoisotopic (exact) mass is 313 g/mol. The summed E-state index contributed by atoms with van der Waals surface area (Å²) in [4.78, 5) is 11.9. The van der Waals surface area contributed by atoms with Crippen molar-refractivity contribution in [3.8, 4) is 0 Å². The number of H-pyrrole nitrogens is 1. The van der Waals surface area contributed by atoms with Crippen LogP contribution in [0, 0.1) is 6.92 Å². The van der Waals surface area contributed by atoms with Gasteiger partial charge in [0.25, 0.3) is 5.91 Å². The van der Waals surface area contributed by atoms with Crippen LogP contribution in [0.1, 0.15) is 16.1 Å². The zero-order valence-corrected chi connectivity index (χ0v) is 11.3. The highest BCUT2D eigenvalue weighted by Gasteiger charge is 2.09. The molecule has 6 heteroatoms. The molecule has 0 bridgehead atoms. The van der Waals surface area contributed by atoms with Crippen molar-refractivity contribution in [1.29, 1.82) is 0 Å². The van der Waals surface area contributed by atoms with Crippen LogP contribution >= 0.6 is 27.5 Å². The van der Waals surface area contributed by atoms with Gasteiger partial charge in [0, 0.05) is 26.8 Å². The highest BCUT2D eigenvalue weighted by Crippen LogP contribution is 2.20. The van der Waals surface area contributed by atoms with Gasteiger partial charge in [-0.05, 0) is 25.1 Å². The lowest BCUT2D eigenvalue weighted by Gasteiger charge is -2.03. The van der Waals surface area contributed by atoms with Gasteiger partial charge >= 0.3 is 0 Å². The molecule has 0 spiro atoms. The number of anilines is 1. The van der Waals surface area contributed by atoms with E-state index in [1.165, 1.54) is 0 Å². The summed E-state index contributed by atoms with van der Waals surface area (Å²) in [7, 11) is 0. The maximum Gasteiger partial charge on any atom is 0.256 e. The Morgan fingerprint density at radius 1 is 1.41 bits per heavy atom. The number of benzene rings is 1. The van der Waals surface area contributed by atoms with Gasteiger partial charge in [-0.3, -0.25) is 9.89 Å². The molecule has 0 radical (unpaired) electrons. The Hall–Kier alpha value is -1.33. The van der Waals surface area contributed by atoms with Crippen molar-refractivity contribution in [3.63, 3.8) is 0 Å². The van der Waals surface area contributed by atoms with Crippen LogP contribution in [-0.2, 0) is 0 Å². The lowest BCUT2D eigenvalue weighted by atomic mass is 10.2. The van der Waals surface area contributed by atoms with Crippen LogP contribution in [0.5, 0.6) is 0 Å². The number of aromatic amines is 1. The quantitative estimate of drug-likeness (QED) is 0.892. The second-order valence-electron chi connectivity index (χ2n) is 3.55. The van der Waals surface area contributed by atoms with E-state index < -0.39 is 0 Å². The zero-order valence-electron chi connectivity index (χ0n) is 8.92. The molecule has 17 heavy (non-hydrogen) atoms. The van der Waals surface area contributed by atoms with Crippen molar-refractivity contribution in [1.82, 2.24) is 10.2 Å². The third kappa shape index (κ3) is 3.08. The standard InChI is InChI=1S/C11H9BrClN3O/c1-6-2-10(16-15-6)14-11(17)7-3-8(12)5-9(13)4-7/h2-5H,1H3,(H2,14,15,16,17). The molecule has 0 aliphatic rings. The topological polar surface area (TPSA) is 57.8 Å². The fraction of sp³-hybridized carbons (Fsp3) is 0.0909. The van der Waals surface area contributed by atoms with Crippen LogP contribution in [0.4, 0.5) is 5.82 Å². The normalized spacial score (nSPS) is 10.3. The Balaban J connectivity index is 2.19. The number of aryl methyl sites for hydroxylation is 1. The molecule has 1 amide bonds. The molecule has 2 N–H and O–H groups in total. The Morgan fingerprint density at radius 2 is 2.18 bits per heavy atom. The van der Waals surface area contributed by atoms with Gasteiger partial charge in [-0.1, -0.05) is 27.5 Å². The summed E-state index contributed by atoms with van der Waals surface area (Å²) in [6, 6.07) is 6.76. The fourth-order valence-electron chi connectivity index (χ4n) is 1.36. The van der Waals surface area contributed by atoms with E-state index in [0.29, 0.717) is 16.4 Å². The number of nitrogens with zero attached hydrogens (tertiary/aromatic N) is 1. The Bertz CT molecular complexity index is 547. The third-order valence-electron chi connectivity index (χ3n) is 2.07. The highest BCUT2D eigenvalue weighted by molar-refractivity contribution is 9.10. The lowest BCUT2D eigenvalue weighted by molar-refractivity contribution is 0.102. The Kier molecular flexibility index (Phi) is 3.49. The number of aromatic nitrogens is 2. The van der Waals surface area contributed by atoms with Crippen molar-refractivity contribution in [2.45, 2.75) is 6.92 Å². The molecular formula is C11H9BrClN3O. The van der Waals surface area contributed by atoms with E-state index in [1.807, 2.05) is 6.92 Å². The van der Waals surface area contributed by atoms with E-state index in [1.54, 1.807) is 24.3 Å². The number of halogens is 2. The first-order chi connectivity index (χ1) is 8.04. The smallest absolute Gasteiger partial charge is 0.256 e. The van der Waals surface area contributed by atoms with Gasteiger partial charge in [-0.25, -0.2) is 0 Å². The van der Waals surface area contributed by atoms with E-state index in [2.05, 4.69) is 31.4 Å². The maximum atomic E-state index is 11.9. The Labute approximate surface area is 111 Å². The summed E-state index contributed by atoms with van der Waals surface area (Å²) >= 11 is 9.15. The number of amides is 1. The van der Waals surface area contributed by atoms with Gasteiger partial charge in [-0.15, -0.1) is 0 Å². The predicted octanol–water partition coefficient (Wildman–Crippen LogP) is 3.39. The lowest BCUT2D eigenvalue weighted by Crippen LogP contribution is -2.12. The zero-order chi connectivity index (χ0) is 12.4. The second-order valence-corrected chi connectivity index (χ2v) is 4.90. The van der Waals surface area contributed by atoms with Crippen molar-refractivity contribution in [3.05, 3.63) is 45.0 Å². The van der Waals surface area contributed by atoms with Crippen LogP contribution < -0.4 is 5.32 Å². The van der Waals surface area contributed by atoms with Crippen LogP contribution in [0.2, 0.25) is 5.02 Å². The van der Waals surface area contributed by atoms with Gasteiger partial charge in [0.1, 0.15) is 0 Å². The minimum Gasteiger partial charge on any atom is -0.305 e. The number of hydrogen-bond donors (Lipinski definition) is 2. The summed E-state index contributed by atoms with van der Waals surface area (Å²) in [6.07, 6.45) is 0. The minimum atomic E-state index is -0.250. The van der Waals surface area contributed by atoms with Gasteiger partial charge in [-0.2, -0.15) is 5.10 Å². The van der Waals surface area contributed by atoms with Crippen molar-refractivity contribution < 1.29 is 4.79 Å². The molecule has 0 unspecified atom stereocenters. The van der Waals surface area contributed by atoms with Crippen molar-refractivity contribution in [2.75, 3.05) is 5.32 Å². The molecule has 88 valence electrons. The molecule has 4 nitrogen and oxygen atoms in total. The summed E-state index contributed by atoms with van der Waals surface area (Å²) < 4.78 is 0.758. The van der Waals surface area contributed by atoms with Crippen LogP contribution in [0.15, 0.2) is 28.7 Å². The van der Waals surface area contributed by atoms with Crippen molar-refractivity contribution in [2.24, 2.45) is 0 Å². The van der Waals surface area contributed by atoms with Gasteiger partial charge in [0.2, 0.25) is 0 Å². The maximum absolute atomic E-state index is 11.9. The average molecular weight is 315 g/mol. The van der Waals surface area contributed by atoms with E-state index >= 15 is 0 Å². The highest BCUT2D eigenvalue weighted by atomic mass is 79.9. The molecule has 1 aromatic carbocycles. The second kappa shape index (κ2) is 4.89. The molecule has 0 fully saturated rings. The molecule has 0 atom stereocenters. The van der Waals surface area contributed by atoms with Crippen LogP contribution in [-0.4, -0.2) is 16.1 Å². The fourth-order valence-corrected chi connectivity index (χ4v) is 2.22. The Morgan fingerprint density at radius 3 is 2.76 bits per heavy atom. The van der Waals surface area contributed by atoms with Gasteiger partial charge in [0.05, 0.1) is 0 Å². The van der Waals surface area contributed by atoms with E-state index in [-0.39, 0.29) is 5.91 Å². The van der Waals surface area contributed by atoms with Gasteiger partial charge in [0.15, 0.2) is 5.82 Å². The molecule has 0 aliphatic heterocycles. The molecule has 0 saturated heterocycles. The minimum absolute atomic E-state index is 0.250. The molecule has 0 saturated carbocycles. The first-order valence-electron chi connectivity index (χ1n) is 4.84. The number of nitrogens with one attached hydrogen (secondary N) is 2. The average Bonchev–Trinajstić information content (AvgIpc) is 2.62. The summed E-state index contributed by atoms with van der Waals surface area (Å²) in [5.41, 5.74) is 1.36. The number of carbonyl (C=O) groups excluding carboxylic acids is 1. The first-order valence-corrected chi connectivity index (χ1v) is 6.01. The molecule has 2 rings (SSSR count). The number of carbonyl (C=O) groups is 1. The molecule has 2 aromatic rings. The number of hydrogen-bond acceptors (Lipinski definition) is 2. The molecule has 1 heterocycles. The molecule has 0 aliphatic carbocycles. The molecule has 1 aromatic heterocycles. The molecular weight excluding hydrogens is 305 g/mol.